The molecule has 2 N–H and O–H groups in total. The lowest BCUT2D eigenvalue weighted by atomic mass is 9.78. The van der Waals surface area contributed by atoms with Gasteiger partial charge in [0.25, 0.3) is 0 Å². The second-order valence-corrected chi connectivity index (χ2v) is 5.30. The van der Waals surface area contributed by atoms with Crippen LogP contribution < -0.4 is 10.6 Å². The monoisotopic (exact) mass is 280 g/mol. The maximum absolute atomic E-state index is 13.8. The second kappa shape index (κ2) is 7.39. The van der Waals surface area contributed by atoms with E-state index in [1.807, 2.05) is 13.8 Å². The zero-order valence-corrected chi connectivity index (χ0v) is 12.7. The molecule has 1 aromatic rings. The van der Waals surface area contributed by atoms with Gasteiger partial charge in [-0.1, -0.05) is 38.8 Å². The van der Waals surface area contributed by atoms with Crippen LogP contribution in [0.3, 0.4) is 0 Å². The Morgan fingerprint density at radius 1 is 1.25 bits per heavy atom. The van der Waals surface area contributed by atoms with Crippen LogP contribution in [0.1, 0.15) is 39.5 Å². The van der Waals surface area contributed by atoms with Crippen molar-refractivity contribution >= 4 is 11.6 Å². The van der Waals surface area contributed by atoms with Crippen LogP contribution in [0.5, 0.6) is 0 Å². The predicted molar refractivity (Wildman–Crippen MR) is 81.1 cm³/mol. The van der Waals surface area contributed by atoms with Gasteiger partial charge in [-0.15, -0.1) is 0 Å². The maximum atomic E-state index is 13.8. The molecule has 0 aliphatic heterocycles. The Labute approximate surface area is 121 Å². The summed E-state index contributed by atoms with van der Waals surface area (Å²) in [4.78, 5) is 14.2. The molecule has 0 spiro atoms. The highest BCUT2D eigenvalue weighted by atomic mass is 19.1. The summed E-state index contributed by atoms with van der Waals surface area (Å²) >= 11 is 0. The first-order valence-electron chi connectivity index (χ1n) is 7.25. The van der Waals surface area contributed by atoms with Crippen LogP contribution in [-0.2, 0) is 4.79 Å². The number of rotatable bonds is 7. The number of para-hydroxylation sites is 1. The van der Waals surface area contributed by atoms with Gasteiger partial charge in [0.2, 0.25) is 5.91 Å². The molecular weight excluding hydrogens is 255 g/mol. The number of hydrogen-bond donors (Lipinski definition) is 1. The van der Waals surface area contributed by atoms with Crippen molar-refractivity contribution in [1.29, 1.82) is 0 Å². The molecule has 0 aromatic heterocycles. The van der Waals surface area contributed by atoms with Gasteiger partial charge >= 0.3 is 0 Å². The van der Waals surface area contributed by atoms with Crippen LogP contribution in [0.2, 0.25) is 0 Å². The molecule has 112 valence electrons. The summed E-state index contributed by atoms with van der Waals surface area (Å²) in [5, 5.41) is 0. The van der Waals surface area contributed by atoms with Crippen molar-refractivity contribution in [3.8, 4) is 0 Å². The van der Waals surface area contributed by atoms with Gasteiger partial charge in [0.05, 0.1) is 11.1 Å². The lowest BCUT2D eigenvalue weighted by Crippen LogP contribution is -2.47. The summed E-state index contributed by atoms with van der Waals surface area (Å²) in [5.41, 5.74) is 5.62. The molecule has 0 atom stereocenters. The van der Waals surface area contributed by atoms with Crippen molar-refractivity contribution in [2.75, 3.05) is 18.5 Å². The minimum Gasteiger partial charge on any atom is -0.329 e. The van der Waals surface area contributed by atoms with E-state index in [-0.39, 0.29) is 11.7 Å². The van der Waals surface area contributed by atoms with Gasteiger partial charge in [-0.05, 0) is 25.0 Å². The average Bonchev–Trinajstić information content (AvgIpc) is 2.46. The Kier molecular flexibility index (Phi) is 6.14. The van der Waals surface area contributed by atoms with Crippen LogP contribution in [-0.4, -0.2) is 19.5 Å². The molecule has 0 unspecified atom stereocenters. The fraction of sp³-hybridized carbons (Fsp3) is 0.562. The summed E-state index contributed by atoms with van der Waals surface area (Å²) < 4.78 is 13.8. The van der Waals surface area contributed by atoms with E-state index in [4.69, 9.17) is 5.73 Å². The molecule has 0 heterocycles. The highest BCUT2D eigenvalue weighted by Gasteiger charge is 2.38. The summed E-state index contributed by atoms with van der Waals surface area (Å²) in [6.07, 6.45) is 3.23. The first kappa shape index (κ1) is 16.6. The summed E-state index contributed by atoms with van der Waals surface area (Å²) in [5.74, 6) is -0.476. The molecule has 0 radical (unpaired) electrons. The van der Waals surface area contributed by atoms with Crippen molar-refractivity contribution in [2.24, 2.45) is 11.1 Å². The van der Waals surface area contributed by atoms with Gasteiger partial charge in [-0.2, -0.15) is 0 Å². The Morgan fingerprint density at radius 2 is 1.80 bits per heavy atom. The Balaban J connectivity index is 3.08. The highest BCUT2D eigenvalue weighted by Crippen LogP contribution is 2.33. The maximum Gasteiger partial charge on any atom is 0.234 e. The SMILES string of the molecule is CCCC(CN)(CCC)C(=O)N(C)c1ccccc1F. The smallest absolute Gasteiger partial charge is 0.234 e. The lowest BCUT2D eigenvalue weighted by Gasteiger charge is -2.35. The summed E-state index contributed by atoms with van der Waals surface area (Å²) in [6.45, 7) is 4.37. The Morgan fingerprint density at radius 3 is 2.25 bits per heavy atom. The van der Waals surface area contributed by atoms with Gasteiger partial charge < -0.3 is 10.6 Å². The van der Waals surface area contributed by atoms with E-state index in [2.05, 4.69) is 0 Å². The number of carbonyl (C=O) groups excluding carboxylic acids is 1. The largest absolute Gasteiger partial charge is 0.329 e. The van der Waals surface area contributed by atoms with Crippen LogP contribution in [0.4, 0.5) is 10.1 Å². The molecular formula is C16H25FN2O. The van der Waals surface area contributed by atoms with E-state index in [9.17, 15) is 9.18 Å². The molecule has 0 aliphatic rings. The Bertz CT molecular complexity index is 442. The van der Waals surface area contributed by atoms with Crippen molar-refractivity contribution in [3.05, 3.63) is 30.1 Å². The number of anilines is 1. The fourth-order valence-electron chi connectivity index (χ4n) is 2.78. The predicted octanol–water partition coefficient (Wildman–Crippen LogP) is 3.33. The van der Waals surface area contributed by atoms with Gasteiger partial charge in [0.1, 0.15) is 5.82 Å². The van der Waals surface area contributed by atoms with Crippen LogP contribution >= 0.6 is 0 Å². The molecule has 1 aromatic carbocycles. The summed E-state index contributed by atoms with van der Waals surface area (Å²) in [6, 6.07) is 6.33. The molecule has 1 rings (SSSR count). The first-order valence-corrected chi connectivity index (χ1v) is 7.25. The normalized spacial score (nSPS) is 11.4. The molecule has 0 aliphatic carbocycles. The van der Waals surface area contributed by atoms with Crippen LogP contribution in [0.15, 0.2) is 24.3 Å². The average molecular weight is 280 g/mol. The minimum absolute atomic E-state index is 0.0891. The van der Waals surface area contributed by atoms with E-state index in [1.54, 1.807) is 25.2 Å². The first-order chi connectivity index (χ1) is 9.52. The molecule has 4 heteroatoms. The fourth-order valence-corrected chi connectivity index (χ4v) is 2.78. The third-order valence-electron chi connectivity index (χ3n) is 3.82. The van der Waals surface area contributed by atoms with Crippen molar-refractivity contribution in [2.45, 2.75) is 39.5 Å². The number of nitrogens with two attached hydrogens (primary N) is 1. The molecule has 20 heavy (non-hydrogen) atoms. The molecule has 0 saturated heterocycles. The van der Waals surface area contributed by atoms with Gasteiger partial charge in [-0.3, -0.25) is 4.79 Å². The number of nitrogens with zero attached hydrogens (tertiary/aromatic N) is 1. The molecule has 0 fully saturated rings. The van der Waals surface area contributed by atoms with Crippen LogP contribution in [0, 0.1) is 11.2 Å². The van der Waals surface area contributed by atoms with Crippen molar-refractivity contribution in [3.63, 3.8) is 0 Å². The molecule has 0 bridgehead atoms. The van der Waals surface area contributed by atoms with Gasteiger partial charge in [0.15, 0.2) is 0 Å². The van der Waals surface area contributed by atoms with E-state index < -0.39 is 5.41 Å². The van der Waals surface area contributed by atoms with E-state index in [0.29, 0.717) is 12.2 Å². The zero-order valence-electron chi connectivity index (χ0n) is 12.7. The highest BCUT2D eigenvalue weighted by molar-refractivity contribution is 5.97. The van der Waals surface area contributed by atoms with E-state index >= 15 is 0 Å². The Hall–Kier alpha value is -1.42. The number of amides is 1. The molecule has 1 amide bonds. The molecule has 3 nitrogen and oxygen atoms in total. The minimum atomic E-state index is -0.583. The molecule has 0 saturated carbocycles. The number of hydrogen-bond acceptors (Lipinski definition) is 2. The van der Waals surface area contributed by atoms with E-state index in [0.717, 1.165) is 25.7 Å². The van der Waals surface area contributed by atoms with Gasteiger partial charge in [-0.25, -0.2) is 4.39 Å². The van der Waals surface area contributed by atoms with Crippen molar-refractivity contribution in [1.82, 2.24) is 0 Å². The standard InChI is InChI=1S/C16H25FN2O/c1-4-10-16(12-18,11-5-2)15(20)19(3)14-9-7-6-8-13(14)17/h6-9H,4-5,10-12,18H2,1-3H3. The summed E-state index contributed by atoms with van der Waals surface area (Å²) in [7, 11) is 1.62. The lowest BCUT2D eigenvalue weighted by molar-refractivity contribution is -0.128. The van der Waals surface area contributed by atoms with Crippen LogP contribution in [0.25, 0.3) is 0 Å². The number of benzene rings is 1. The third-order valence-corrected chi connectivity index (χ3v) is 3.82. The topological polar surface area (TPSA) is 46.3 Å². The second-order valence-electron chi connectivity index (χ2n) is 5.30. The van der Waals surface area contributed by atoms with Gasteiger partial charge in [0, 0.05) is 13.6 Å². The van der Waals surface area contributed by atoms with Crippen molar-refractivity contribution < 1.29 is 9.18 Å². The quantitative estimate of drug-likeness (QED) is 0.832. The number of carbonyl (C=O) groups is 1. The third kappa shape index (κ3) is 3.37. The number of halogens is 1. The van der Waals surface area contributed by atoms with E-state index in [1.165, 1.54) is 11.0 Å². The zero-order chi connectivity index (χ0) is 15.2.